The van der Waals surface area contributed by atoms with Crippen molar-refractivity contribution < 1.29 is 4.79 Å². The number of aliphatic imine (C=N–C) groups is 1. The molecule has 19 heavy (non-hydrogen) atoms. The van der Waals surface area contributed by atoms with Crippen molar-refractivity contribution in [1.82, 2.24) is 16.0 Å². The zero-order chi connectivity index (χ0) is 13.5. The zero-order valence-corrected chi connectivity index (χ0v) is 14.7. The standard InChI is InChI=1S/C13H26N4O.HI/c1-5-14-13(16-10(4)9(2)3)15-8-12(18)17-11-6-7-11;/h9-11H,5-8H2,1-4H3,(H,17,18)(H2,14,15,16);1H. The van der Waals surface area contributed by atoms with Crippen molar-refractivity contribution in [1.29, 1.82) is 0 Å². The number of nitrogens with zero attached hydrogens (tertiary/aromatic N) is 1. The van der Waals surface area contributed by atoms with Crippen molar-refractivity contribution in [3.05, 3.63) is 0 Å². The first-order valence-electron chi connectivity index (χ1n) is 6.87. The van der Waals surface area contributed by atoms with Crippen LogP contribution in [0.15, 0.2) is 4.99 Å². The van der Waals surface area contributed by atoms with Crippen LogP contribution in [0.5, 0.6) is 0 Å². The number of guanidine groups is 1. The van der Waals surface area contributed by atoms with Gasteiger partial charge in [0.2, 0.25) is 5.91 Å². The third kappa shape index (κ3) is 8.28. The van der Waals surface area contributed by atoms with E-state index in [0.29, 0.717) is 24.0 Å². The number of hydrogen-bond donors (Lipinski definition) is 3. The number of carbonyl (C=O) groups is 1. The van der Waals surface area contributed by atoms with Gasteiger partial charge in [0.1, 0.15) is 6.54 Å². The summed E-state index contributed by atoms with van der Waals surface area (Å²) >= 11 is 0. The summed E-state index contributed by atoms with van der Waals surface area (Å²) in [6, 6.07) is 0.729. The molecule has 0 aromatic heterocycles. The first kappa shape index (κ1) is 18.5. The van der Waals surface area contributed by atoms with Gasteiger partial charge in [-0.25, -0.2) is 4.99 Å². The summed E-state index contributed by atoms with van der Waals surface area (Å²) in [7, 11) is 0. The average molecular weight is 382 g/mol. The Hall–Kier alpha value is -0.530. The third-order valence-electron chi connectivity index (χ3n) is 3.03. The van der Waals surface area contributed by atoms with Crippen LogP contribution in [0.2, 0.25) is 0 Å². The molecule has 0 aliphatic heterocycles. The van der Waals surface area contributed by atoms with E-state index in [9.17, 15) is 4.79 Å². The van der Waals surface area contributed by atoms with Crippen LogP contribution in [0.4, 0.5) is 0 Å². The van der Waals surface area contributed by atoms with Gasteiger partial charge in [0.05, 0.1) is 0 Å². The fourth-order valence-corrected chi connectivity index (χ4v) is 1.35. The summed E-state index contributed by atoms with van der Waals surface area (Å²) in [5.74, 6) is 1.24. The summed E-state index contributed by atoms with van der Waals surface area (Å²) in [6.07, 6.45) is 2.22. The van der Waals surface area contributed by atoms with Gasteiger partial charge >= 0.3 is 0 Å². The summed E-state index contributed by atoms with van der Waals surface area (Å²) in [5.41, 5.74) is 0. The van der Waals surface area contributed by atoms with E-state index in [2.05, 4.69) is 41.7 Å². The van der Waals surface area contributed by atoms with Crippen molar-refractivity contribution in [2.24, 2.45) is 10.9 Å². The van der Waals surface area contributed by atoms with Crippen molar-refractivity contribution >= 4 is 35.8 Å². The predicted octanol–water partition coefficient (Wildman–Crippen LogP) is 1.48. The largest absolute Gasteiger partial charge is 0.357 e. The Morgan fingerprint density at radius 1 is 1.32 bits per heavy atom. The molecule has 5 nitrogen and oxygen atoms in total. The number of amides is 1. The first-order chi connectivity index (χ1) is 8.52. The summed E-state index contributed by atoms with van der Waals surface area (Å²) in [5, 5.41) is 9.38. The Balaban J connectivity index is 0.00000324. The number of carbonyl (C=O) groups excluding carboxylic acids is 1. The SMILES string of the molecule is CCNC(=NCC(=O)NC1CC1)NC(C)C(C)C.I. The summed E-state index contributed by atoms with van der Waals surface area (Å²) in [6.45, 7) is 9.42. The molecular weight excluding hydrogens is 355 g/mol. The van der Waals surface area contributed by atoms with Gasteiger partial charge in [0, 0.05) is 18.6 Å². The van der Waals surface area contributed by atoms with Crippen molar-refractivity contribution in [3.8, 4) is 0 Å². The highest BCUT2D eigenvalue weighted by Gasteiger charge is 2.22. The normalized spacial score (nSPS) is 16.6. The fourth-order valence-electron chi connectivity index (χ4n) is 1.35. The van der Waals surface area contributed by atoms with E-state index < -0.39 is 0 Å². The lowest BCUT2D eigenvalue weighted by molar-refractivity contribution is -0.119. The minimum Gasteiger partial charge on any atom is -0.357 e. The molecule has 0 heterocycles. The minimum absolute atomic E-state index is 0. The highest BCUT2D eigenvalue weighted by Crippen LogP contribution is 2.18. The molecule has 1 rings (SSSR count). The van der Waals surface area contributed by atoms with E-state index in [4.69, 9.17) is 0 Å². The van der Waals surface area contributed by atoms with Gasteiger partial charge in [-0.15, -0.1) is 24.0 Å². The van der Waals surface area contributed by atoms with Crippen LogP contribution in [-0.4, -0.2) is 37.0 Å². The van der Waals surface area contributed by atoms with Gasteiger partial charge < -0.3 is 16.0 Å². The molecular formula is C13H27IN4O. The van der Waals surface area contributed by atoms with Gasteiger partial charge in [0.15, 0.2) is 5.96 Å². The predicted molar refractivity (Wildman–Crippen MR) is 90.0 cm³/mol. The van der Waals surface area contributed by atoms with Crippen LogP contribution in [-0.2, 0) is 4.79 Å². The average Bonchev–Trinajstić information content (AvgIpc) is 3.09. The van der Waals surface area contributed by atoms with Gasteiger partial charge in [-0.3, -0.25) is 4.79 Å². The van der Waals surface area contributed by atoms with Gasteiger partial charge in [0.25, 0.3) is 0 Å². The van der Waals surface area contributed by atoms with Crippen molar-refractivity contribution in [2.45, 2.75) is 52.6 Å². The lowest BCUT2D eigenvalue weighted by Crippen LogP contribution is -2.44. The topological polar surface area (TPSA) is 65.5 Å². The van der Waals surface area contributed by atoms with Crippen LogP contribution < -0.4 is 16.0 Å². The minimum atomic E-state index is 0. The van der Waals surface area contributed by atoms with E-state index in [1.807, 2.05) is 6.92 Å². The van der Waals surface area contributed by atoms with E-state index in [1.165, 1.54) is 0 Å². The molecule has 0 saturated heterocycles. The molecule has 1 saturated carbocycles. The molecule has 6 heteroatoms. The van der Waals surface area contributed by atoms with Crippen LogP contribution in [0.25, 0.3) is 0 Å². The molecule has 0 radical (unpaired) electrons. The smallest absolute Gasteiger partial charge is 0.242 e. The molecule has 0 bridgehead atoms. The second-order valence-electron chi connectivity index (χ2n) is 5.21. The molecule has 1 aliphatic carbocycles. The third-order valence-corrected chi connectivity index (χ3v) is 3.03. The number of rotatable bonds is 6. The summed E-state index contributed by atoms with van der Waals surface area (Å²) in [4.78, 5) is 15.8. The van der Waals surface area contributed by atoms with Crippen molar-refractivity contribution in [2.75, 3.05) is 13.1 Å². The Morgan fingerprint density at radius 3 is 2.42 bits per heavy atom. The zero-order valence-electron chi connectivity index (χ0n) is 12.3. The Bertz CT molecular complexity index is 303. The Labute approximate surface area is 133 Å². The van der Waals surface area contributed by atoms with E-state index in [-0.39, 0.29) is 36.4 Å². The second kappa shape index (κ2) is 9.39. The molecule has 1 unspecified atom stereocenters. The molecule has 1 aliphatic rings. The second-order valence-corrected chi connectivity index (χ2v) is 5.21. The molecule has 0 spiro atoms. The number of hydrogen-bond acceptors (Lipinski definition) is 2. The van der Waals surface area contributed by atoms with Crippen LogP contribution in [0, 0.1) is 5.92 Å². The van der Waals surface area contributed by atoms with E-state index in [0.717, 1.165) is 19.4 Å². The quantitative estimate of drug-likeness (QED) is 0.371. The van der Waals surface area contributed by atoms with Gasteiger partial charge in [-0.05, 0) is 32.6 Å². The lowest BCUT2D eigenvalue weighted by Gasteiger charge is -2.20. The van der Waals surface area contributed by atoms with Crippen LogP contribution in [0.1, 0.15) is 40.5 Å². The van der Waals surface area contributed by atoms with E-state index >= 15 is 0 Å². The van der Waals surface area contributed by atoms with Gasteiger partial charge in [-0.1, -0.05) is 13.8 Å². The molecule has 1 atom stereocenters. The fraction of sp³-hybridized carbons (Fsp3) is 0.846. The molecule has 1 amide bonds. The van der Waals surface area contributed by atoms with Gasteiger partial charge in [-0.2, -0.15) is 0 Å². The highest BCUT2D eigenvalue weighted by molar-refractivity contribution is 14.0. The Kier molecular flexibility index (Phi) is 9.12. The van der Waals surface area contributed by atoms with E-state index in [1.54, 1.807) is 0 Å². The molecule has 1 fully saturated rings. The molecule has 112 valence electrons. The molecule has 0 aromatic rings. The maximum absolute atomic E-state index is 11.5. The maximum atomic E-state index is 11.5. The number of halogens is 1. The van der Waals surface area contributed by atoms with Crippen LogP contribution in [0.3, 0.4) is 0 Å². The molecule has 3 N–H and O–H groups in total. The monoisotopic (exact) mass is 382 g/mol. The number of nitrogens with one attached hydrogen (secondary N) is 3. The first-order valence-corrected chi connectivity index (χ1v) is 6.87. The van der Waals surface area contributed by atoms with Crippen LogP contribution >= 0.6 is 24.0 Å². The maximum Gasteiger partial charge on any atom is 0.242 e. The lowest BCUT2D eigenvalue weighted by atomic mass is 10.1. The summed E-state index contributed by atoms with van der Waals surface area (Å²) < 4.78 is 0. The van der Waals surface area contributed by atoms with Crippen molar-refractivity contribution in [3.63, 3.8) is 0 Å². The molecule has 0 aromatic carbocycles. The Morgan fingerprint density at radius 2 is 1.95 bits per heavy atom. The highest BCUT2D eigenvalue weighted by atomic mass is 127.